The van der Waals surface area contributed by atoms with E-state index in [4.69, 9.17) is 14.0 Å². The van der Waals surface area contributed by atoms with Gasteiger partial charge in [0.2, 0.25) is 0 Å². The van der Waals surface area contributed by atoms with Gasteiger partial charge in [-0.1, -0.05) is 36.4 Å². The summed E-state index contributed by atoms with van der Waals surface area (Å²) in [5.74, 6) is 0.741. The average molecular weight is 336 g/mol. The zero-order valence-corrected chi connectivity index (χ0v) is 14.2. The van der Waals surface area contributed by atoms with Crippen LogP contribution in [0.1, 0.15) is 12.5 Å². The lowest BCUT2D eigenvalue weighted by Gasteiger charge is -2.11. The molecule has 0 aliphatic heterocycles. The highest BCUT2D eigenvalue weighted by molar-refractivity contribution is 7.51. The SMILES string of the molecule is CCOP(=O)(O)Cc1ccc(-c2ccc(OCOC)cc2)cc1. The van der Waals surface area contributed by atoms with E-state index in [-0.39, 0.29) is 19.6 Å². The van der Waals surface area contributed by atoms with Crippen LogP contribution in [0.25, 0.3) is 11.1 Å². The van der Waals surface area contributed by atoms with Crippen molar-refractivity contribution in [1.82, 2.24) is 0 Å². The Labute approximate surface area is 136 Å². The fourth-order valence-corrected chi connectivity index (χ4v) is 3.32. The summed E-state index contributed by atoms with van der Waals surface area (Å²) in [4.78, 5) is 9.66. The lowest BCUT2D eigenvalue weighted by Crippen LogP contribution is -1.98. The van der Waals surface area contributed by atoms with Crippen molar-refractivity contribution in [3.8, 4) is 16.9 Å². The van der Waals surface area contributed by atoms with Gasteiger partial charge < -0.3 is 18.9 Å². The molecule has 0 bridgehead atoms. The van der Waals surface area contributed by atoms with E-state index >= 15 is 0 Å². The molecule has 1 N–H and O–H groups in total. The minimum absolute atomic E-state index is 0.0188. The summed E-state index contributed by atoms with van der Waals surface area (Å²) in [5.41, 5.74) is 2.84. The lowest BCUT2D eigenvalue weighted by molar-refractivity contribution is 0.0511. The molecule has 0 aromatic heterocycles. The first-order chi connectivity index (χ1) is 11.0. The number of hydrogen-bond acceptors (Lipinski definition) is 4. The molecule has 1 unspecified atom stereocenters. The van der Waals surface area contributed by atoms with Crippen LogP contribution in [-0.2, 0) is 20.0 Å². The highest BCUT2D eigenvalue weighted by atomic mass is 31.2. The first-order valence-corrected chi connectivity index (χ1v) is 9.08. The van der Waals surface area contributed by atoms with Crippen molar-refractivity contribution in [3.63, 3.8) is 0 Å². The Morgan fingerprint density at radius 2 is 1.57 bits per heavy atom. The van der Waals surface area contributed by atoms with Crippen LogP contribution in [0.15, 0.2) is 48.5 Å². The molecule has 6 heteroatoms. The van der Waals surface area contributed by atoms with E-state index in [2.05, 4.69) is 0 Å². The van der Waals surface area contributed by atoms with Crippen LogP contribution < -0.4 is 4.74 Å². The molecule has 0 saturated heterocycles. The standard InChI is InChI=1S/C17H21O5P/c1-3-22-23(18,19)12-14-4-6-15(7-5-14)16-8-10-17(11-9-16)21-13-20-2/h4-11H,3,12-13H2,1-2H3,(H,18,19). The number of hydrogen-bond donors (Lipinski definition) is 1. The predicted molar refractivity (Wildman–Crippen MR) is 89.5 cm³/mol. The molecular weight excluding hydrogens is 315 g/mol. The molecule has 0 aliphatic carbocycles. The summed E-state index contributed by atoms with van der Waals surface area (Å²) < 4.78 is 26.9. The summed E-state index contributed by atoms with van der Waals surface area (Å²) in [6.45, 7) is 2.14. The third kappa shape index (κ3) is 5.48. The zero-order chi connectivity index (χ0) is 16.7. The Bertz CT molecular complexity index is 652. The van der Waals surface area contributed by atoms with Gasteiger partial charge in [0.25, 0.3) is 0 Å². The Balaban J connectivity index is 2.05. The Kier molecular flexibility index (Phi) is 6.37. The summed E-state index contributed by atoms with van der Waals surface area (Å²) in [6.07, 6.45) is 0.0188. The van der Waals surface area contributed by atoms with E-state index < -0.39 is 7.60 Å². The lowest BCUT2D eigenvalue weighted by atomic mass is 10.0. The topological polar surface area (TPSA) is 65.0 Å². The van der Waals surface area contributed by atoms with E-state index in [1.54, 1.807) is 14.0 Å². The van der Waals surface area contributed by atoms with Gasteiger partial charge in [0, 0.05) is 7.11 Å². The molecule has 5 nitrogen and oxygen atoms in total. The molecular formula is C17H21O5P. The summed E-state index contributed by atoms with van der Waals surface area (Å²) >= 11 is 0. The zero-order valence-electron chi connectivity index (χ0n) is 13.3. The second-order valence-corrected chi connectivity index (χ2v) is 6.83. The van der Waals surface area contributed by atoms with Gasteiger partial charge in [-0.15, -0.1) is 0 Å². The molecule has 0 fully saturated rings. The molecule has 2 aromatic carbocycles. The second-order valence-electron chi connectivity index (χ2n) is 4.99. The highest BCUT2D eigenvalue weighted by Gasteiger charge is 2.18. The molecule has 124 valence electrons. The van der Waals surface area contributed by atoms with Crippen molar-refractivity contribution in [3.05, 3.63) is 54.1 Å². The first-order valence-electron chi connectivity index (χ1n) is 7.31. The van der Waals surface area contributed by atoms with E-state index in [0.29, 0.717) is 0 Å². The Hall–Kier alpha value is -1.65. The van der Waals surface area contributed by atoms with Crippen LogP contribution in [0.3, 0.4) is 0 Å². The van der Waals surface area contributed by atoms with Crippen molar-refractivity contribution in [2.45, 2.75) is 13.1 Å². The van der Waals surface area contributed by atoms with Gasteiger partial charge in [-0.25, -0.2) is 0 Å². The Morgan fingerprint density at radius 3 is 2.09 bits per heavy atom. The largest absolute Gasteiger partial charge is 0.468 e. The van der Waals surface area contributed by atoms with E-state index in [9.17, 15) is 9.46 Å². The normalized spacial score (nSPS) is 13.5. The molecule has 0 saturated carbocycles. The minimum atomic E-state index is -3.55. The van der Waals surface area contributed by atoms with Crippen molar-refractivity contribution >= 4 is 7.60 Å². The molecule has 0 spiro atoms. The van der Waals surface area contributed by atoms with Gasteiger partial charge in [0.05, 0.1) is 12.8 Å². The molecule has 2 rings (SSSR count). The Morgan fingerprint density at radius 1 is 1.00 bits per heavy atom. The first kappa shape index (κ1) is 17.7. The maximum atomic E-state index is 11.8. The molecule has 0 amide bonds. The molecule has 2 aromatic rings. The fourth-order valence-electron chi connectivity index (χ4n) is 2.15. The molecule has 0 radical (unpaired) electrons. The number of benzene rings is 2. The van der Waals surface area contributed by atoms with Crippen molar-refractivity contribution in [2.24, 2.45) is 0 Å². The molecule has 0 heterocycles. The maximum Gasteiger partial charge on any atom is 0.332 e. The van der Waals surface area contributed by atoms with Crippen molar-refractivity contribution in [2.75, 3.05) is 20.5 Å². The van der Waals surface area contributed by atoms with Crippen LogP contribution in [0.4, 0.5) is 0 Å². The molecule has 23 heavy (non-hydrogen) atoms. The van der Waals surface area contributed by atoms with E-state index in [1.807, 2.05) is 48.5 Å². The molecule has 1 atom stereocenters. The van der Waals surface area contributed by atoms with Gasteiger partial charge in [0.1, 0.15) is 5.75 Å². The maximum absolute atomic E-state index is 11.8. The molecule has 0 aliphatic rings. The number of rotatable bonds is 8. The third-order valence-corrected chi connectivity index (χ3v) is 4.62. The third-order valence-electron chi connectivity index (χ3n) is 3.20. The van der Waals surface area contributed by atoms with Crippen LogP contribution in [0, 0.1) is 0 Å². The monoisotopic (exact) mass is 336 g/mol. The van der Waals surface area contributed by atoms with Gasteiger partial charge in [-0.3, -0.25) is 4.57 Å². The van der Waals surface area contributed by atoms with Crippen molar-refractivity contribution < 1.29 is 23.5 Å². The van der Waals surface area contributed by atoms with Crippen LogP contribution in [0.5, 0.6) is 5.75 Å². The quantitative estimate of drug-likeness (QED) is 0.582. The highest BCUT2D eigenvalue weighted by Crippen LogP contribution is 2.45. The van der Waals surface area contributed by atoms with E-state index in [0.717, 1.165) is 22.4 Å². The summed E-state index contributed by atoms with van der Waals surface area (Å²) in [6, 6.07) is 15.2. The van der Waals surface area contributed by atoms with Crippen LogP contribution >= 0.6 is 7.60 Å². The van der Waals surface area contributed by atoms with Gasteiger partial charge >= 0.3 is 7.60 Å². The van der Waals surface area contributed by atoms with Gasteiger partial charge in [-0.05, 0) is 35.7 Å². The smallest absolute Gasteiger partial charge is 0.332 e. The predicted octanol–water partition coefficient (Wildman–Crippen LogP) is 4.06. The van der Waals surface area contributed by atoms with Crippen LogP contribution in [-0.4, -0.2) is 25.4 Å². The van der Waals surface area contributed by atoms with Gasteiger partial charge in [0.15, 0.2) is 6.79 Å². The summed E-state index contributed by atoms with van der Waals surface area (Å²) in [7, 11) is -1.97. The summed E-state index contributed by atoms with van der Waals surface area (Å²) in [5, 5.41) is 0. The average Bonchev–Trinajstić information content (AvgIpc) is 2.54. The number of ether oxygens (including phenoxy) is 2. The van der Waals surface area contributed by atoms with E-state index in [1.165, 1.54) is 0 Å². The number of methoxy groups -OCH3 is 1. The minimum Gasteiger partial charge on any atom is -0.468 e. The fraction of sp³-hybridized carbons (Fsp3) is 0.294. The van der Waals surface area contributed by atoms with Crippen molar-refractivity contribution in [1.29, 1.82) is 0 Å². The van der Waals surface area contributed by atoms with Crippen LogP contribution in [0.2, 0.25) is 0 Å². The second kappa shape index (κ2) is 8.27. The van der Waals surface area contributed by atoms with Gasteiger partial charge in [-0.2, -0.15) is 0 Å².